The van der Waals surface area contributed by atoms with Gasteiger partial charge >= 0.3 is 5.97 Å². The van der Waals surface area contributed by atoms with Crippen LogP contribution in [0.1, 0.15) is 145 Å². The zero-order chi connectivity index (χ0) is 66.0. The van der Waals surface area contributed by atoms with Crippen molar-refractivity contribution in [3.05, 3.63) is 71.8 Å². The van der Waals surface area contributed by atoms with Crippen LogP contribution in [0.2, 0.25) is 0 Å². The molecular weight excluding hydrogens is 1140 g/mol. The standard InChI is InChI=1S/C64H98N12O13/c1-39(2)33-48(70-53(79)45-25-19-31-67-45)56(82)68-46(26-17-29-65-37-77)54(80)72-51(41(5)6)59(85)74-63(9,35-43-21-13-11-14-22-43)61(87)76-32-20-28-50(76)58(84)71-49(34-40(3)4)57(83)69-47(27-18-30-66-38-78)55(81)73-52(42(7)8)60(86)75-64(10,62(88)89)36-44-23-15-12-16-24-44/h11-16,21-24,37-42,45-52,67H,17-20,25-36H2,1-10H3,(H,65,77)(H,66,78)(H,68,82)(H,69,83)(H,70,79)(H,71,84)(H,72,80)(H,73,81)(H,74,85)(H,75,86)(H,88,89)/t45-,46+,47+,48+,49+,50-,51+,52+,63+,64+/m1/s1. The summed E-state index contributed by atoms with van der Waals surface area (Å²) in [6.07, 6.45) is 3.68. The van der Waals surface area contributed by atoms with Crippen molar-refractivity contribution in [1.29, 1.82) is 0 Å². The van der Waals surface area contributed by atoms with E-state index in [9.17, 15) is 57.8 Å². The van der Waals surface area contributed by atoms with Crippen LogP contribution in [0, 0.1) is 23.7 Å². The van der Waals surface area contributed by atoms with Gasteiger partial charge < -0.3 is 68.5 Å². The minimum atomic E-state index is -1.77. The van der Waals surface area contributed by atoms with E-state index in [0.29, 0.717) is 43.3 Å². The van der Waals surface area contributed by atoms with Gasteiger partial charge in [0.15, 0.2) is 0 Å². The minimum absolute atomic E-state index is 0.0185. The Labute approximate surface area is 523 Å². The molecule has 0 saturated carbocycles. The number of carbonyl (C=O) groups is 12. The number of carbonyl (C=O) groups excluding carboxylic acids is 11. The summed E-state index contributed by atoms with van der Waals surface area (Å²) in [5, 5.41) is 40.8. The van der Waals surface area contributed by atoms with Crippen LogP contribution >= 0.6 is 0 Å². The summed E-state index contributed by atoms with van der Waals surface area (Å²) >= 11 is 0. The molecular formula is C64H98N12O13. The molecule has 0 unspecified atom stereocenters. The molecule has 10 atom stereocenters. The molecule has 2 fully saturated rings. The number of carboxylic acids is 1. The fraction of sp³-hybridized carbons (Fsp3) is 0.625. The molecule has 2 aromatic rings. The van der Waals surface area contributed by atoms with Gasteiger partial charge in [0.05, 0.1) is 6.04 Å². The van der Waals surface area contributed by atoms with Gasteiger partial charge in [0.2, 0.25) is 66.0 Å². The molecule has 2 saturated heterocycles. The lowest BCUT2D eigenvalue weighted by molar-refractivity contribution is -0.147. The van der Waals surface area contributed by atoms with Crippen molar-refractivity contribution in [3.8, 4) is 0 Å². The summed E-state index contributed by atoms with van der Waals surface area (Å²) in [5.74, 6) is -8.65. The van der Waals surface area contributed by atoms with E-state index in [2.05, 4.69) is 58.5 Å². The number of nitrogens with zero attached hydrogens (tertiary/aromatic N) is 1. The van der Waals surface area contributed by atoms with Crippen LogP contribution in [0.25, 0.3) is 0 Å². The lowest BCUT2D eigenvalue weighted by Gasteiger charge is -2.38. The lowest BCUT2D eigenvalue weighted by atomic mass is 9.89. The molecule has 0 spiro atoms. The number of aliphatic carboxylic acids is 1. The van der Waals surface area contributed by atoms with E-state index in [1.54, 1.807) is 88.4 Å². The number of hydrogen-bond donors (Lipinski definition) is 12. The summed E-state index contributed by atoms with van der Waals surface area (Å²) in [5.41, 5.74) is -2.21. The molecule has 89 heavy (non-hydrogen) atoms. The highest BCUT2D eigenvalue weighted by molar-refractivity contribution is 6.00. The van der Waals surface area contributed by atoms with Gasteiger partial charge in [0, 0.05) is 32.5 Å². The van der Waals surface area contributed by atoms with Crippen LogP contribution in [-0.4, -0.2) is 168 Å². The Balaban J connectivity index is 1.59. The third-order valence-electron chi connectivity index (χ3n) is 16.0. The number of nitrogens with one attached hydrogen (secondary N) is 11. The van der Waals surface area contributed by atoms with Gasteiger partial charge in [-0.3, -0.25) is 52.7 Å². The number of benzene rings is 2. The molecule has 12 N–H and O–H groups in total. The van der Waals surface area contributed by atoms with E-state index >= 15 is 4.79 Å². The van der Waals surface area contributed by atoms with Crippen molar-refractivity contribution in [2.24, 2.45) is 23.7 Å². The monoisotopic (exact) mass is 1240 g/mol. The van der Waals surface area contributed by atoms with E-state index in [1.165, 1.54) is 18.7 Å². The molecule has 0 aliphatic carbocycles. The Morgan fingerprint density at radius 2 is 0.978 bits per heavy atom. The summed E-state index contributed by atoms with van der Waals surface area (Å²) in [7, 11) is 0. The minimum Gasteiger partial charge on any atom is -0.480 e. The molecule has 2 heterocycles. The van der Waals surface area contributed by atoms with Gasteiger partial charge in [0.1, 0.15) is 53.4 Å². The van der Waals surface area contributed by atoms with E-state index in [1.807, 2.05) is 27.7 Å². The zero-order valence-electron chi connectivity index (χ0n) is 53.5. The lowest BCUT2D eigenvalue weighted by Crippen LogP contribution is -2.65. The topological polar surface area (TPSA) is 361 Å². The second kappa shape index (κ2) is 35.9. The van der Waals surface area contributed by atoms with Gasteiger partial charge in [-0.15, -0.1) is 0 Å². The fourth-order valence-electron chi connectivity index (χ4n) is 11.1. The number of amides is 11. The highest BCUT2D eigenvalue weighted by Crippen LogP contribution is 2.26. The maximum absolute atomic E-state index is 15.3. The Hall–Kier alpha value is -7.96. The van der Waals surface area contributed by atoms with E-state index in [0.717, 1.165) is 6.42 Å². The Morgan fingerprint density at radius 1 is 0.551 bits per heavy atom. The third kappa shape index (κ3) is 23.2. The molecule has 2 aliphatic rings. The molecule has 4 rings (SSSR count). The normalized spacial score (nSPS) is 18.1. The maximum Gasteiger partial charge on any atom is 0.329 e. The van der Waals surface area contributed by atoms with Crippen molar-refractivity contribution >= 4 is 72.0 Å². The Bertz CT molecular complexity index is 2710. The van der Waals surface area contributed by atoms with Crippen molar-refractivity contribution < 1.29 is 62.6 Å². The van der Waals surface area contributed by atoms with Crippen LogP contribution in [0.4, 0.5) is 0 Å². The molecule has 0 radical (unpaired) electrons. The molecule has 492 valence electrons. The first kappa shape index (κ1) is 73.5. The van der Waals surface area contributed by atoms with Crippen LogP contribution < -0.4 is 58.5 Å². The Kier molecular flexibility index (Phi) is 29.6. The van der Waals surface area contributed by atoms with Crippen molar-refractivity contribution in [2.75, 3.05) is 26.2 Å². The summed E-state index contributed by atoms with van der Waals surface area (Å²) in [6, 6.07) is 8.72. The number of carboxylic acid groups (broad SMARTS) is 1. The average molecular weight is 1240 g/mol. The first-order chi connectivity index (χ1) is 42.1. The number of rotatable bonds is 38. The van der Waals surface area contributed by atoms with Crippen molar-refractivity contribution in [3.63, 3.8) is 0 Å². The molecule has 0 aromatic heterocycles. The molecule has 25 nitrogen and oxygen atoms in total. The highest BCUT2D eigenvalue weighted by Gasteiger charge is 2.47. The molecule has 11 amide bonds. The van der Waals surface area contributed by atoms with Crippen molar-refractivity contribution in [2.45, 2.75) is 206 Å². The van der Waals surface area contributed by atoms with Gasteiger partial charge in [-0.2, -0.15) is 0 Å². The molecule has 2 aromatic carbocycles. The summed E-state index contributed by atoms with van der Waals surface area (Å²) in [4.78, 5) is 165. The zero-order valence-corrected chi connectivity index (χ0v) is 53.5. The van der Waals surface area contributed by atoms with Crippen molar-refractivity contribution in [1.82, 2.24) is 63.4 Å². The largest absolute Gasteiger partial charge is 0.480 e. The first-order valence-corrected chi connectivity index (χ1v) is 31.3. The first-order valence-electron chi connectivity index (χ1n) is 31.3. The van der Waals surface area contributed by atoms with Crippen LogP contribution in [0.3, 0.4) is 0 Å². The van der Waals surface area contributed by atoms with E-state index < -0.39 is 124 Å². The number of hydrogen-bond acceptors (Lipinski definition) is 13. The van der Waals surface area contributed by atoms with Crippen LogP contribution in [0.5, 0.6) is 0 Å². The van der Waals surface area contributed by atoms with Gasteiger partial charge in [-0.25, -0.2) is 4.79 Å². The van der Waals surface area contributed by atoms with Crippen LogP contribution in [0.15, 0.2) is 60.7 Å². The van der Waals surface area contributed by atoms with Gasteiger partial charge in [-0.1, -0.05) is 116 Å². The van der Waals surface area contributed by atoms with Gasteiger partial charge in [0.25, 0.3) is 0 Å². The smallest absolute Gasteiger partial charge is 0.329 e. The summed E-state index contributed by atoms with van der Waals surface area (Å²) in [6.45, 7) is 18.2. The fourth-order valence-corrected chi connectivity index (χ4v) is 11.1. The highest BCUT2D eigenvalue weighted by atomic mass is 16.4. The van der Waals surface area contributed by atoms with E-state index in [4.69, 9.17) is 0 Å². The third-order valence-corrected chi connectivity index (χ3v) is 16.0. The SMILES string of the molecule is CC(C)C[C@H](NC(=O)[C@H]1CCCN1C(=O)[C@](C)(Cc1ccccc1)NC(=O)[C@@H](NC(=O)[C@H](CCCNC=O)NC(=O)[C@H](CC(C)C)NC(=O)[C@H]1CCCN1)C(C)C)C(=O)N[C@@H](CCCNC=O)C(=O)N[C@H](C(=O)N[C@@](C)(Cc1ccccc1)C(=O)O)C(C)C. The Morgan fingerprint density at radius 3 is 1.38 bits per heavy atom. The second-order valence-electron chi connectivity index (χ2n) is 25.5. The van der Waals surface area contributed by atoms with Crippen LogP contribution in [-0.2, 0) is 70.4 Å². The maximum atomic E-state index is 15.3. The average Bonchev–Trinajstić information content (AvgIpc) is 2.04. The van der Waals surface area contributed by atoms with Gasteiger partial charge in [-0.05, 0) is 119 Å². The van der Waals surface area contributed by atoms with E-state index in [-0.39, 0.29) is 95.2 Å². The predicted molar refractivity (Wildman–Crippen MR) is 334 cm³/mol. The quantitative estimate of drug-likeness (QED) is 0.0334. The number of likely N-dealkylation sites (tertiary alicyclic amines) is 1. The molecule has 25 heteroatoms. The molecule has 0 bridgehead atoms. The predicted octanol–water partition coefficient (Wildman–Crippen LogP) is 1.41. The second-order valence-corrected chi connectivity index (χ2v) is 25.5. The molecule has 2 aliphatic heterocycles. The summed E-state index contributed by atoms with van der Waals surface area (Å²) < 4.78 is 0.